The topological polar surface area (TPSA) is 88.0 Å². The molecule has 2 aromatic rings. The first-order chi connectivity index (χ1) is 11.6. The molecule has 1 aromatic heterocycles. The molecule has 0 unspecified atom stereocenters. The molecule has 24 heavy (non-hydrogen) atoms. The second-order valence-corrected chi connectivity index (χ2v) is 5.84. The van der Waals surface area contributed by atoms with Crippen LogP contribution in [0.3, 0.4) is 0 Å². The van der Waals surface area contributed by atoms with Gasteiger partial charge in [0, 0.05) is 11.6 Å². The van der Waals surface area contributed by atoms with Crippen molar-refractivity contribution in [1.29, 1.82) is 0 Å². The molecular formula is C18H24N3O3+. The molecule has 0 bridgehead atoms. The number of benzene rings is 1. The molecule has 0 fully saturated rings. The Kier molecular flexibility index (Phi) is 6.57. The number of hydrogen-bond donors (Lipinski definition) is 3. The highest BCUT2D eigenvalue weighted by molar-refractivity contribution is 5.85. The fourth-order valence-electron chi connectivity index (χ4n) is 2.39. The van der Waals surface area contributed by atoms with E-state index in [1.54, 1.807) is 6.26 Å². The van der Waals surface area contributed by atoms with Crippen molar-refractivity contribution in [1.82, 2.24) is 10.6 Å². The van der Waals surface area contributed by atoms with Gasteiger partial charge in [0.15, 0.2) is 18.3 Å². The van der Waals surface area contributed by atoms with E-state index in [-0.39, 0.29) is 37.0 Å². The fraction of sp³-hybridized carbons (Fsp3) is 0.333. The summed E-state index contributed by atoms with van der Waals surface area (Å²) in [5.74, 6) is 0.400. The quantitative estimate of drug-likeness (QED) is 0.661. The van der Waals surface area contributed by atoms with E-state index in [9.17, 15) is 9.59 Å². The van der Waals surface area contributed by atoms with Crippen LogP contribution >= 0.6 is 0 Å². The Hall–Kier alpha value is -2.60. The predicted octanol–water partition coefficient (Wildman–Crippen LogP) is 0.573. The van der Waals surface area contributed by atoms with Crippen molar-refractivity contribution in [2.45, 2.75) is 25.9 Å². The molecule has 6 heteroatoms. The summed E-state index contributed by atoms with van der Waals surface area (Å²) >= 11 is 0. The van der Waals surface area contributed by atoms with Gasteiger partial charge >= 0.3 is 0 Å². The van der Waals surface area contributed by atoms with E-state index >= 15 is 0 Å². The van der Waals surface area contributed by atoms with E-state index in [1.807, 2.05) is 61.6 Å². The smallest absolute Gasteiger partial charge is 0.275 e. The molecule has 0 aliphatic rings. The van der Waals surface area contributed by atoms with Gasteiger partial charge in [-0.3, -0.25) is 9.59 Å². The summed E-state index contributed by atoms with van der Waals surface area (Å²) in [4.78, 5) is 23.5. The normalized spacial score (nSPS) is 12.0. The van der Waals surface area contributed by atoms with Crippen molar-refractivity contribution in [2.24, 2.45) is 0 Å². The number of rotatable bonds is 8. The molecule has 2 rings (SSSR count). The monoisotopic (exact) mass is 330 g/mol. The number of nitrogens with two attached hydrogens (primary N) is 1. The second-order valence-electron chi connectivity index (χ2n) is 5.84. The molecule has 2 amide bonds. The van der Waals surface area contributed by atoms with Crippen LogP contribution in [-0.2, 0) is 9.59 Å². The Bertz CT molecular complexity index is 639. The minimum absolute atomic E-state index is 0.0123. The number of amides is 2. The standard InChI is InChI=1S/C18H23N3O3/c1-13(2)21-17(23)12-19-16(22)11-20-18(15-9-6-10-24-15)14-7-4-3-5-8-14/h3-10,13,18,20H,11-12H2,1-2H3,(H,19,22)(H,21,23)/p+1/t18-/m1/s1. The lowest BCUT2D eigenvalue weighted by atomic mass is 10.0. The zero-order valence-corrected chi connectivity index (χ0v) is 14.0. The lowest BCUT2D eigenvalue weighted by molar-refractivity contribution is -0.678. The molecule has 0 spiro atoms. The summed E-state index contributed by atoms with van der Waals surface area (Å²) in [6.45, 7) is 3.94. The van der Waals surface area contributed by atoms with Crippen LogP contribution in [0.1, 0.15) is 31.2 Å². The summed E-state index contributed by atoms with van der Waals surface area (Å²) in [5, 5.41) is 7.25. The first-order valence-electron chi connectivity index (χ1n) is 8.04. The van der Waals surface area contributed by atoms with Crippen LogP contribution < -0.4 is 16.0 Å². The second kappa shape index (κ2) is 8.88. The third-order valence-electron chi connectivity index (χ3n) is 3.44. The highest BCUT2D eigenvalue weighted by Gasteiger charge is 2.21. The molecule has 128 valence electrons. The van der Waals surface area contributed by atoms with E-state index in [1.165, 1.54) is 0 Å². The van der Waals surface area contributed by atoms with Gasteiger partial charge in [-0.1, -0.05) is 30.3 Å². The minimum Gasteiger partial charge on any atom is -0.463 e. The van der Waals surface area contributed by atoms with Gasteiger partial charge < -0.3 is 20.4 Å². The molecule has 4 N–H and O–H groups in total. The summed E-state index contributed by atoms with van der Waals surface area (Å²) in [7, 11) is 0. The van der Waals surface area contributed by atoms with Crippen LogP contribution in [-0.4, -0.2) is 30.9 Å². The third-order valence-corrected chi connectivity index (χ3v) is 3.44. The third kappa shape index (κ3) is 5.55. The van der Waals surface area contributed by atoms with E-state index in [0.29, 0.717) is 0 Å². The van der Waals surface area contributed by atoms with Gasteiger partial charge in [-0.25, -0.2) is 0 Å². The Morgan fingerprint density at radius 3 is 2.46 bits per heavy atom. The van der Waals surface area contributed by atoms with Crippen LogP contribution in [0.15, 0.2) is 53.1 Å². The molecule has 6 nitrogen and oxygen atoms in total. The van der Waals surface area contributed by atoms with Crippen LogP contribution in [0.25, 0.3) is 0 Å². The van der Waals surface area contributed by atoms with Gasteiger partial charge in [-0.05, 0) is 26.0 Å². The number of hydrogen-bond acceptors (Lipinski definition) is 3. The van der Waals surface area contributed by atoms with Gasteiger partial charge in [0.1, 0.15) is 0 Å². The van der Waals surface area contributed by atoms with Gasteiger partial charge in [-0.15, -0.1) is 0 Å². The highest BCUT2D eigenvalue weighted by atomic mass is 16.3. The Balaban J connectivity index is 1.89. The maximum Gasteiger partial charge on any atom is 0.275 e. The van der Waals surface area contributed by atoms with E-state index in [2.05, 4.69) is 10.6 Å². The average molecular weight is 330 g/mol. The largest absolute Gasteiger partial charge is 0.463 e. The summed E-state index contributed by atoms with van der Waals surface area (Å²) in [6, 6.07) is 13.5. The Labute approximate surface area is 141 Å². The van der Waals surface area contributed by atoms with Gasteiger partial charge in [0.25, 0.3) is 5.91 Å². The SMILES string of the molecule is CC(C)NC(=O)CNC(=O)C[NH2+][C@H](c1ccccc1)c1ccco1. The summed E-state index contributed by atoms with van der Waals surface area (Å²) in [5.41, 5.74) is 1.05. The number of quaternary nitrogens is 1. The molecule has 0 saturated carbocycles. The van der Waals surface area contributed by atoms with Crippen LogP contribution in [0.4, 0.5) is 0 Å². The molecular weight excluding hydrogens is 306 g/mol. The number of nitrogens with one attached hydrogen (secondary N) is 2. The van der Waals surface area contributed by atoms with Crippen molar-refractivity contribution in [3.8, 4) is 0 Å². The molecule has 1 heterocycles. The van der Waals surface area contributed by atoms with Crippen molar-refractivity contribution in [2.75, 3.05) is 13.1 Å². The van der Waals surface area contributed by atoms with Gasteiger partial charge in [0.2, 0.25) is 5.91 Å². The molecule has 0 aliphatic carbocycles. The maximum absolute atomic E-state index is 12.0. The van der Waals surface area contributed by atoms with Crippen LogP contribution in [0, 0.1) is 0 Å². The lowest BCUT2D eigenvalue weighted by Gasteiger charge is -2.14. The van der Waals surface area contributed by atoms with Crippen molar-refractivity contribution in [3.05, 3.63) is 60.1 Å². The first-order valence-corrected chi connectivity index (χ1v) is 8.04. The van der Waals surface area contributed by atoms with Crippen molar-refractivity contribution >= 4 is 11.8 Å². The number of furan rings is 1. The van der Waals surface area contributed by atoms with Gasteiger partial charge in [0.05, 0.1) is 12.8 Å². The highest BCUT2D eigenvalue weighted by Crippen LogP contribution is 2.18. The van der Waals surface area contributed by atoms with E-state index < -0.39 is 0 Å². The number of carbonyl (C=O) groups is 2. The maximum atomic E-state index is 12.0. The Morgan fingerprint density at radius 1 is 1.08 bits per heavy atom. The molecule has 0 radical (unpaired) electrons. The molecule has 0 saturated heterocycles. The average Bonchev–Trinajstić information content (AvgIpc) is 3.08. The van der Waals surface area contributed by atoms with Crippen LogP contribution in [0.5, 0.6) is 0 Å². The lowest BCUT2D eigenvalue weighted by Crippen LogP contribution is -2.87. The predicted molar refractivity (Wildman–Crippen MR) is 90.1 cm³/mol. The molecule has 0 aliphatic heterocycles. The fourth-order valence-corrected chi connectivity index (χ4v) is 2.39. The zero-order chi connectivity index (χ0) is 17.4. The minimum atomic E-state index is -0.193. The summed E-state index contributed by atoms with van der Waals surface area (Å²) in [6.07, 6.45) is 1.62. The first kappa shape index (κ1) is 17.7. The zero-order valence-electron chi connectivity index (χ0n) is 14.0. The van der Waals surface area contributed by atoms with Crippen LogP contribution in [0.2, 0.25) is 0 Å². The summed E-state index contributed by atoms with van der Waals surface area (Å²) < 4.78 is 5.50. The van der Waals surface area contributed by atoms with E-state index in [4.69, 9.17) is 4.42 Å². The van der Waals surface area contributed by atoms with Crippen molar-refractivity contribution in [3.63, 3.8) is 0 Å². The van der Waals surface area contributed by atoms with Gasteiger partial charge in [-0.2, -0.15) is 0 Å². The van der Waals surface area contributed by atoms with E-state index in [0.717, 1.165) is 11.3 Å². The number of carbonyl (C=O) groups excluding carboxylic acids is 2. The Morgan fingerprint density at radius 2 is 1.83 bits per heavy atom. The molecule has 1 aromatic carbocycles. The van der Waals surface area contributed by atoms with Crippen molar-refractivity contribution < 1.29 is 19.3 Å². The molecule has 1 atom stereocenters.